The molecule has 1 atom stereocenters. The highest BCUT2D eigenvalue weighted by Gasteiger charge is 2.24. The van der Waals surface area contributed by atoms with Crippen molar-refractivity contribution in [1.29, 1.82) is 0 Å². The minimum atomic E-state index is 0.0577. The first kappa shape index (κ1) is 21.3. The van der Waals surface area contributed by atoms with E-state index in [0.717, 1.165) is 44.0 Å². The number of likely N-dealkylation sites (N-methyl/N-ethyl adjacent to an activating group) is 1. The molecule has 1 fully saturated rings. The van der Waals surface area contributed by atoms with Gasteiger partial charge in [0, 0.05) is 32.7 Å². The SMILES string of the molecule is CCOc1ccc(CC(=O)NCC(c2ccccc2)N2CCN(CC)CC2)cc1. The molecule has 29 heavy (non-hydrogen) atoms. The zero-order valence-electron chi connectivity index (χ0n) is 17.6. The molecule has 2 aromatic rings. The fraction of sp³-hybridized carbons (Fsp3) is 0.458. The van der Waals surface area contributed by atoms with Gasteiger partial charge in [0.1, 0.15) is 5.75 Å². The lowest BCUT2D eigenvalue weighted by Crippen LogP contribution is -2.49. The van der Waals surface area contributed by atoms with Crippen LogP contribution in [0.3, 0.4) is 0 Å². The molecule has 2 aromatic carbocycles. The maximum Gasteiger partial charge on any atom is 0.224 e. The quantitative estimate of drug-likeness (QED) is 0.709. The highest BCUT2D eigenvalue weighted by Crippen LogP contribution is 2.21. The molecule has 156 valence electrons. The van der Waals surface area contributed by atoms with Crippen LogP contribution in [0.25, 0.3) is 0 Å². The highest BCUT2D eigenvalue weighted by atomic mass is 16.5. The Morgan fingerprint density at radius 2 is 1.69 bits per heavy atom. The number of benzene rings is 2. The summed E-state index contributed by atoms with van der Waals surface area (Å²) in [5.41, 5.74) is 2.26. The molecule has 5 heteroatoms. The third-order valence-corrected chi connectivity index (χ3v) is 5.57. The number of carbonyl (C=O) groups excluding carboxylic acids is 1. The van der Waals surface area contributed by atoms with Crippen LogP contribution in [0.2, 0.25) is 0 Å². The number of piperazine rings is 1. The molecule has 0 aromatic heterocycles. The summed E-state index contributed by atoms with van der Waals surface area (Å²) in [5, 5.41) is 3.17. The van der Waals surface area contributed by atoms with Crippen LogP contribution >= 0.6 is 0 Å². The molecule has 0 radical (unpaired) electrons. The molecule has 1 aliphatic rings. The van der Waals surface area contributed by atoms with Crippen LogP contribution in [0.4, 0.5) is 0 Å². The van der Waals surface area contributed by atoms with Gasteiger partial charge in [-0.3, -0.25) is 9.69 Å². The van der Waals surface area contributed by atoms with Crippen molar-refractivity contribution in [1.82, 2.24) is 15.1 Å². The molecule has 5 nitrogen and oxygen atoms in total. The maximum absolute atomic E-state index is 12.6. The van der Waals surface area contributed by atoms with E-state index in [0.29, 0.717) is 19.6 Å². The summed E-state index contributed by atoms with van der Waals surface area (Å²) >= 11 is 0. The number of hydrogen-bond acceptors (Lipinski definition) is 4. The van der Waals surface area contributed by atoms with E-state index in [1.807, 2.05) is 37.3 Å². The predicted molar refractivity (Wildman–Crippen MR) is 117 cm³/mol. The minimum Gasteiger partial charge on any atom is -0.494 e. The van der Waals surface area contributed by atoms with Crippen molar-refractivity contribution in [3.63, 3.8) is 0 Å². The second-order valence-corrected chi connectivity index (χ2v) is 7.45. The molecule has 1 aliphatic heterocycles. The Bertz CT molecular complexity index is 740. The molecule has 1 unspecified atom stereocenters. The molecule has 1 amide bonds. The average Bonchev–Trinajstić information content (AvgIpc) is 2.77. The Morgan fingerprint density at radius 1 is 1.00 bits per heavy atom. The molecule has 0 saturated carbocycles. The zero-order valence-corrected chi connectivity index (χ0v) is 17.6. The molecule has 1 saturated heterocycles. The average molecular weight is 396 g/mol. The number of nitrogens with one attached hydrogen (secondary N) is 1. The maximum atomic E-state index is 12.6. The third-order valence-electron chi connectivity index (χ3n) is 5.57. The second kappa shape index (κ2) is 11.0. The minimum absolute atomic E-state index is 0.0577. The molecular formula is C24H33N3O2. The first-order valence-electron chi connectivity index (χ1n) is 10.7. The summed E-state index contributed by atoms with van der Waals surface area (Å²) in [6, 6.07) is 18.5. The third kappa shape index (κ3) is 6.31. The van der Waals surface area contributed by atoms with Gasteiger partial charge in [-0.25, -0.2) is 0 Å². The lowest BCUT2D eigenvalue weighted by Gasteiger charge is -2.39. The number of carbonyl (C=O) groups is 1. The molecule has 0 aliphatic carbocycles. The standard InChI is InChI=1S/C24H33N3O2/c1-3-26-14-16-27(17-15-26)23(21-8-6-5-7-9-21)19-25-24(28)18-20-10-12-22(13-11-20)29-4-2/h5-13,23H,3-4,14-19H2,1-2H3,(H,25,28). The highest BCUT2D eigenvalue weighted by molar-refractivity contribution is 5.78. The van der Waals surface area contributed by atoms with Gasteiger partial charge in [-0.2, -0.15) is 0 Å². The van der Waals surface area contributed by atoms with Gasteiger partial charge >= 0.3 is 0 Å². The predicted octanol–water partition coefficient (Wildman–Crippen LogP) is 3.12. The number of nitrogens with zero attached hydrogens (tertiary/aromatic N) is 2. The number of rotatable bonds is 9. The van der Waals surface area contributed by atoms with Crippen LogP contribution in [-0.4, -0.2) is 61.6 Å². The van der Waals surface area contributed by atoms with E-state index in [1.165, 1.54) is 5.56 Å². The Kier molecular flexibility index (Phi) is 8.08. The largest absolute Gasteiger partial charge is 0.494 e. The van der Waals surface area contributed by atoms with Crippen LogP contribution < -0.4 is 10.1 Å². The van der Waals surface area contributed by atoms with Crippen LogP contribution in [0.15, 0.2) is 54.6 Å². The van der Waals surface area contributed by atoms with Gasteiger partial charge in [0.25, 0.3) is 0 Å². The summed E-state index contributed by atoms with van der Waals surface area (Å²) in [6.07, 6.45) is 0.386. The molecule has 1 heterocycles. The van der Waals surface area contributed by atoms with Gasteiger partial charge in [0.2, 0.25) is 5.91 Å². The van der Waals surface area contributed by atoms with E-state index in [-0.39, 0.29) is 11.9 Å². The topological polar surface area (TPSA) is 44.8 Å². The van der Waals surface area contributed by atoms with E-state index >= 15 is 0 Å². The fourth-order valence-corrected chi connectivity index (χ4v) is 3.85. The first-order chi connectivity index (χ1) is 14.2. The second-order valence-electron chi connectivity index (χ2n) is 7.45. The summed E-state index contributed by atoms with van der Waals surface area (Å²) in [7, 11) is 0. The van der Waals surface area contributed by atoms with Crippen molar-refractivity contribution in [2.75, 3.05) is 45.9 Å². The summed E-state index contributed by atoms with van der Waals surface area (Å²) < 4.78 is 5.47. The van der Waals surface area contributed by atoms with Crippen LogP contribution in [0.5, 0.6) is 5.75 Å². The molecule has 1 N–H and O–H groups in total. The van der Waals surface area contributed by atoms with Gasteiger partial charge in [0.05, 0.1) is 19.1 Å². The van der Waals surface area contributed by atoms with Crippen molar-refractivity contribution in [2.45, 2.75) is 26.3 Å². The Balaban J connectivity index is 1.58. The first-order valence-corrected chi connectivity index (χ1v) is 10.7. The normalized spacial score (nSPS) is 16.3. The summed E-state index contributed by atoms with van der Waals surface area (Å²) in [6.45, 7) is 10.8. The van der Waals surface area contributed by atoms with Crippen molar-refractivity contribution >= 4 is 5.91 Å². The fourth-order valence-electron chi connectivity index (χ4n) is 3.85. The van der Waals surface area contributed by atoms with E-state index in [9.17, 15) is 4.79 Å². The van der Waals surface area contributed by atoms with Crippen LogP contribution in [0.1, 0.15) is 31.0 Å². The number of ether oxygens (including phenoxy) is 1. The van der Waals surface area contributed by atoms with Gasteiger partial charge in [-0.15, -0.1) is 0 Å². The van der Waals surface area contributed by atoms with Crippen molar-refractivity contribution < 1.29 is 9.53 Å². The van der Waals surface area contributed by atoms with Gasteiger partial charge in [-0.05, 0) is 36.7 Å². The van der Waals surface area contributed by atoms with Gasteiger partial charge in [0.15, 0.2) is 0 Å². The molecule has 0 bridgehead atoms. The number of hydrogen-bond donors (Lipinski definition) is 1. The lowest BCUT2D eigenvalue weighted by atomic mass is 10.0. The van der Waals surface area contributed by atoms with Crippen LogP contribution in [0, 0.1) is 0 Å². The molecule has 0 spiro atoms. The lowest BCUT2D eigenvalue weighted by molar-refractivity contribution is -0.120. The summed E-state index contributed by atoms with van der Waals surface area (Å²) in [5.74, 6) is 0.898. The Labute approximate surface area is 174 Å². The zero-order chi connectivity index (χ0) is 20.5. The van der Waals surface area contributed by atoms with Gasteiger partial charge < -0.3 is 15.0 Å². The molecular weight excluding hydrogens is 362 g/mol. The van der Waals surface area contributed by atoms with E-state index < -0.39 is 0 Å². The Morgan fingerprint density at radius 3 is 2.31 bits per heavy atom. The van der Waals surface area contributed by atoms with E-state index in [4.69, 9.17) is 4.74 Å². The van der Waals surface area contributed by atoms with Gasteiger partial charge in [-0.1, -0.05) is 49.4 Å². The van der Waals surface area contributed by atoms with Crippen molar-refractivity contribution in [3.8, 4) is 5.75 Å². The smallest absolute Gasteiger partial charge is 0.224 e. The van der Waals surface area contributed by atoms with Crippen molar-refractivity contribution in [2.24, 2.45) is 0 Å². The molecule has 3 rings (SSSR count). The van der Waals surface area contributed by atoms with E-state index in [1.54, 1.807) is 0 Å². The summed E-state index contributed by atoms with van der Waals surface area (Å²) in [4.78, 5) is 17.5. The van der Waals surface area contributed by atoms with E-state index in [2.05, 4.69) is 46.3 Å². The van der Waals surface area contributed by atoms with Crippen molar-refractivity contribution in [3.05, 3.63) is 65.7 Å². The van der Waals surface area contributed by atoms with Crippen LogP contribution in [-0.2, 0) is 11.2 Å². The number of amides is 1. The Hall–Kier alpha value is -2.37. The monoisotopic (exact) mass is 395 g/mol.